The number of aromatic hydroxyl groups is 1. The van der Waals surface area contributed by atoms with Crippen LogP contribution in [0.25, 0.3) is 6.08 Å². The fourth-order valence-electron chi connectivity index (χ4n) is 2.47. The fourth-order valence-corrected chi connectivity index (χ4v) is 3.40. The van der Waals surface area contributed by atoms with Gasteiger partial charge in [0.05, 0.1) is 5.25 Å². The van der Waals surface area contributed by atoms with Crippen molar-refractivity contribution in [3.8, 4) is 11.8 Å². The van der Waals surface area contributed by atoms with Gasteiger partial charge in [-0.2, -0.15) is 5.26 Å². The molecule has 0 radical (unpaired) electrons. The number of hydrogen-bond donors (Lipinski definition) is 1. The molecule has 1 aromatic carbocycles. The van der Waals surface area contributed by atoms with E-state index in [1.807, 2.05) is 47.6 Å². The maximum absolute atomic E-state index is 12.4. The molecule has 0 amide bonds. The summed E-state index contributed by atoms with van der Waals surface area (Å²) in [6.07, 6.45) is 1.40. The second-order valence-corrected chi connectivity index (χ2v) is 11.2. The molecular formula is C20H29NO3S. The highest BCUT2D eigenvalue weighted by Crippen LogP contribution is 2.40. The van der Waals surface area contributed by atoms with Gasteiger partial charge in [0.1, 0.15) is 16.7 Å². The van der Waals surface area contributed by atoms with Crippen molar-refractivity contribution in [1.29, 1.82) is 5.26 Å². The van der Waals surface area contributed by atoms with Gasteiger partial charge in [-0.1, -0.05) is 41.5 Å². The lowest BCUT2D eigenvalue weighted by atomic mass is 9.78. The first-order chi connectivity index (χ1) is 11.1. The molecule has 0 heterocycles. The van der Waals surface area contributed by atoms with Gasteiger partial charge >= 0.3 is 0 Å². The molecule has 0 bridgehead atoms. The van der Waals surface area contributed by atoms with Crippen LogP contribution in [0.3, 0.4) is 0 Å². The van der Waals surface area contributed by atoms with E-state index in [9.17, 15) is 18.8 Å². The van der Waals surface area contributed by atoms with Gasteiger partial charge in [-0.15, -0.1) is 0 Å². The lowest BCUT2D eigenvalue weighted by Crippen LogP contribution is -2.18. The fraction of sp³-hybridized carbons (Fsp3) is 0.550. The molecule has 1 rings (SSSR count). The first-order valence-corrected chi connectivity index (χ1v) is 9.90. The largest absolute Gasteiger partial charge is 0.507 e. The summed E-state index contributed by atoms with van der Waals surface area (Å²) >= 11 is 0. The van der Waals surface area contributed by atoms with E-state index in [-0.39, 0.29) is 21.5 Å². The van der Waals surface area contributed by atoms with Crippen molar-refractivity contribution < 1.29 is 13.5 Å². The van der Waals surface area contributed by atoms with Crippen molar-refractivity contribution in [2.45, 2.75) is 71.5 Å². The summed E-state index contributed by atoms with van der Waals surface area (Å²) in [5, 5.41) is 19.4. The Morgan fingerprint density at radius 3 is 1.76 bits per heavy atom. The zero-order chi connectivity index (χ0) is 19.8. The molecule has 1 N–H and O–H groups in total. The number of phenols is 1. The van der Waals surface area contributed by atoms with Crippen molar-refractivity contribution in [2.24, 2.45) is 0 Å². The number of hydrogen-bond acceptors (Lipinski definition) is 4. The number of rotatable bonds is 3. The van der Waals surface area contributed by atoms with Gasteiger partial charge in [-0.05, 0) is 48.4 Å². The molecule has 0 aliphatic rings. The Morgan fingerprint density at radius 1 is 1.08 bits per heavy atom. The molecule has 138 valence electrons. The molecule has 1 aromatic rings. The van der Waals surface area contributed by atoms with Gasteiger partial charge in [0, 0.05) is 11.1 Å². The average Bonchev–Trinajstić information content (AvgIpc) is 2.42. The van der Waals surface area contributed by atoms with Gasteiger partial charge in [-0.25, -0.2) is 8.42 Å². The summed E-state index contributed by atoms with van der Waals surface area (Å²) < 4.78 is 24.7. The van der Waals surface area contributed by atoms with Crippen LogP contribution in [0.1, 0.15) is 72.1 Å². The van der Waals surface area contributed by atoms with Crippen LogP contribution in [0.5, 0.6) is 5.75 Å². The van der Waals surface area contributed by atoms with Gasteiger partial charge < -0.3 is 5.11 Å². The van der Waals surface area contributed by atoms with Gasteiger partial charge in [0.15, 0.2) is 9.84 Å². The lowest BCUT2D eigenvalue weighted by molar-refractivity contribution is 0.423. The molecule has 0 aliphatic carbocycles. The molecule has 0 aliphatic heterocycles. The van der Waals surface area contributed by atoms with E-state index in [1.165, 1.54) is 6.08 Å². The topological polar surface area (TPSA) is 78.2 Å². The number of benzene rings is 1. The standard InChI is InChI=1S/C20H29NO3S/c1-13(2)25(23,24)15(12-21)9-14-10-16(19(3,4)5)18(22)17(11-14)20(6,7)8/h9-11,13,22H,1-8H3/b15-9+. The molecule has 4 nitrogen and oxygen atoms in total. The van der Waals surface area contributed by atoms with E-state index in [2.05, 4.69) is 0 Å². The molecule has 0 unspecified atom stereocenters. The van der Waals surface area contributed by atoms with Crippen LogP contribution >= 0.6 is 0 Å². The Bertz CT molecular complexity index is 792. The van der Waals surface area contributed by atoms with Crippen LogP contribution < -0.4 is 0 Å². The summed E-state index contributed by atoms with van der Waals surface area (Å²) in [6.45, 7) is 15.0. The first-order valence-electron chi connectivity index (χ1n) is 8.36. The van der Waals surface area contributed by atoms with Crippen LogP contribution in [-0.4, -0.2) is 18.8 Å². The molecule has 0 atom stereocenters. The summed E-state index contributed by atoms with van der Waals surface area (Å²) in [5.74, 6) is 0.224. The Labute approximate surface area is 152 Å². The second kappa shape index (κ2) is 6.84. The predicted octanol–water partition coefficient (Wildman–Crippen LogP) is 4.67. The van der Waals surface area contributed by atoms with Crippen LogP contribution in [0, 0.1) is 11.3 Å². The maximum Gasteiger partial charge on any atom is 0.190 e. The van der Waals surface area contributed by atoms with Crippen molar-refractivity contribution in [1.82, 2.24) is 0 Å². The van der Waals surface area contributed by atoms with E-state index in [0.29, 0.717) is 5.56 Å². The Kier molecular flexibility index (Phi) is 5.81. The SMILES string of the molecule is CC(C)S(=O)(=O)/C(C#N)=C/c1cc(C(C)(C)C)c(O)c(C(C)(C)C)c1. The molecule has 0 spiro atoms. The third kappa shape index (κ3) is 4.64. The van der Waals surface area contributed by atoms with Crippen LogP contribution in [0.15, 0.2) is 17.0 Å². The summed E-state index contributed by atoms with van der Waals surface area (Å²) in [5.41, 5.74) is 1.42. The lowest BCUT2D eigenvalue weighted by Gasteiger charge is -2.28. The minimum Gasteiger partial charge on any atom is -0.507 e. The van der Waals surface area contributed by atoms with Crippen LogP contribution in [-0.2, 0) is 20.7 Å². The van der Waals surface area contributed by atoms with Crippen molar-refractivity contribution in [3.63, 3.8) is 0 Å². The number of nitrogens with zero attached hydrogens (tertiary/aromatic N) is 1. The molecule has 0 saturated heterocycles. The summed E-state index contributed by atoms with van der Waals surface area (Å²) in [7, 11) is -3.66. The maximum atomic E-state index is 12.4. The number of phenolic OH excluding ortho intramolecular Hbond substituents is 1. The number of sulfone groups is 1. The number of nitriles is 1. The molecule has 0 saturated carbocycles. The predicted molar refractivity (Wildman–Crippen MR) is 103 cm³/mol. The van der Waals surface area contributed by atoms with E-state index in [1.54, 1.807) is 26.0 Å². The monoisotopic (exact) mass is 363 g/mol. The van der Waals surface area contributed by atoms with Crippen molar-refractivity contribution >= 4 is 15.9 Å². The highest BCUT2D eigenvalue weighted by Gasteiger charge is 2.27. The van der Waals surface area contributed by atoms with Crippen molar-refractivity contribution in [2.75, 3.05) is 0 Å². The summed E-state index contributed by atoms with van der Waals surface area (Å²) in [6, 6.07) is 5.34. The van der Waals surface area contributed by atoms with E-state index >= 15 is 0 Å². The van der Waals surface area contributed by atoms with Crippen LogP contribution in [0.2, 0.25) is 0 Å². The van der Waals surface area contributed by atoms with E-state index in [0.717, 1.165) is 11.1 Å². The highest BCUT2D eigenvalue weighted by atomic mass is 32.2. The molecular weight excluding hydrogens is 334 g/mol. The zero-order valence-corrected chi connectivity index (χ0v) is 17.2. The Balaban J connectivity index is 3.79. The third-order valence-corrected chi connectivity index (χ3v) is 6.15. The quantitative estimate of drug-likeness (QED) is 0.791. The Morgan fingerprint density at radius 2 is 1.48 bits per heavy atom. The zero-order valence-electron chi connectivity index (χ0n) is 16.4. The van der Waals surface area contributed by atoms with Gasteiger partial charge in [0.2, 0.25) is 0 Å². The minimum atomic E-state index is -3.66. The molecule has 25 heavy (non-hydrogen) atoms. The first kappa shape index (κ1) is 21.2. The second-order valence-electron chi connectivity index (χ2n) is 8.68. The van der Waals surface area contributed by atoms with Crippen molar-refractivity contribution in [3.05, 3.63) is 33.7 Å². The highest BCUT2D eigenvalue weighted by molar-refractivity contribution is 7.96. The molecule has 0 fully saturated rings. The van der Waals surface area contributed by atoms with E-state index in [4.69, 9.17) is 0 Å². The smallest absolute Gasteiger partial charge is 0.190 e. The molecule has 0 aromatic heterocycles. The van der Waals surface area contributed by atoms with Crippen LogP contribution in [0.4, 0.5) is 0 Å². The van der Waals surface area contributed by atoms with E-state index < -0.39 is 15.1 Å². The normalized spacial score (nSPS) is 13.8. The minimum absolute atomic E-state index is 0.224. The van der Waals surface area contributed by atoms with Gasteiger partial charge in [0.25, 0.3) is 0 Å². The number of allylic oxidation sites excluding steroid dienone is 1. The molecule has 5 heteroatoms. The summed E-state index contributed by atoms with van der Waals surface area (Å²) in [4.78, 5) is -0.257. The van der Waals surface area contributed by atoms with Gasteiger partial charge in [-0.3, -0.25) is 0 Å². The Hall–Kier alpha value is -1.80. The third-order valence-electron chi connectivity index (χ3n) is 4.08. The average molecular weight is 364 g/mol.